The minimum absolute atomic E-state index is 0.00895. The largest absolute Gasteiger partial charge is 0.326 e. The summed E-state index contributed by atoms with van der Waals surface area (Å²) in [5.41, 5.74) is 0.921. The molecule has 10 heteroatoms. The molecular weight excluding hydrogens is 413 g/mol. The van der Waals surface area contributed by atoms with E-state index in [9.17, 15) is 18.0 Å². The van der Waals surface area contributed by atoms with Gasteiger partial charge in [-0.15, -0.1) is 0 Å². The van der Waals surface area contributed by atoms with Gasteiger partial charge in [-0.3, -0.25) is 9.59 Å². The van der Waals surface area contributed by atoms with Gasteiger partial charge in [0, 0.05) is 30.4 Å². The number of likely N-dealkylation sites (N-methyl/N-ethyl adjacent to an activating group) is 1. The number of benzene rings is 2. The van der Waals surface area contributed by atoms with Crippen LogP contribution in [0, 0.1) is 0 Å². The molecule has 27 heavy (non-hydrogen) atoms. The van der Waals surface area contributed by atoms with Gasteiger partial charge in [-0.25, -0.2) is 8.42 Å². The quantitative estimate of drug-likeness (QED) is 0.736. The van der Waals surface area contributed by atoms with E-state index < -0.39 is 22.5 Å². The number of halogens is 2. The molecule has 2 N–H and O–H groups in total. The van der Waals surface area contributed by atoms with Crippen molar-refractivity contribution in [1.82, 2.24) is 4.31 Å². The van der Waals surface area contributed by atoms with Gasteiger partial charge in [0.1, 0.15) is 4.90 Å². The standard InChI is InChI=1S/C17H17Cl2N3O4S/c1-11(23)20-13-4-3-5-14(9-13)21-17(24)10-22(2)27(25,26)16-8-12(18)6-7-15(16)19/h3-9H,10H2,1-2H3,(H,20,23)(H,21,24). The summed E-state index contributed by atoms with van der Waals surface area (Å²) in [5.74, 6) is -0.804. The van der Waals surface area contributed by atoms with Crippen LogP contribution in [0.1, 0.15) is 6.92 Å². The van der Waals surface area contributed by atoms with Crippen LogP contribution >= 0.6 is 23.2 Å². The van der Waals surface area contributed by atoms with Crippen LogP contribution in [0.2, 0.25) is 10.0 Å². The lowest BCUT2D eigenvalue weighted by atomic mass is 10.2. The summed E-state index contributed by atoms with van der Waals surface area (Å²) in [6.45, 7) is 0.932. The highest BCUT2D eigenvalue weighted by Crippen LogP contribution is 2.27. The second-order valence-electron chi connectivity index (χ2n) is 5.65. The number of hydrogen-bond donors (Lipinski definition) is 2. The number of carbonyl (C=O) groups is 2. The number of sulfonamides is 1. The van der Waals surface area contributed by atoms with Crippen LogP contribution < -0.4 is 10.6 Å². The lowest BCUT2D eigenvalue weighted by Crippen LogP contribution is -2.35. The molecule has 0 atom stereocenters. The summed E-state index contributed by atoms with van der Waals surface area (Å²) in [6.07, 6.45) is 0. The molecule has 2 rings (SSSR count). The van der Waals surface area contributed by atoms with Crippen LogP contribution in [0.5, 0.6) is 0 Å². The molecule has 144 valence electrons. The average molecular weight is 430 g/mol. The Kier molecular flexibility index (Phi) is 6.83. The van der Waals surface area contributed by atoms with Gasteiger partial charge in [0.2, 0.25) is 21.8 Å². The SMILES string of the molecule is CC(=O)Nc1cccc(NC(=O)CN(C)S(=O)(=O)c2cc(Cl)ccc2Cl)c1. The van der Waals surface area contributed by atoms with E-state index in [0.29, 0.717) is 11.4 Å². The van der Waals surface area contributed by atoms with Gasteiger partial charge in [0.15, 0.2) is 0 Å². The second kappa shape index (κ2) is 8.71. The molecule has 0 unspecified atom stereocenters. The highest BCUT2D eigenvalue weighted by molar-refractivity contribution is 7.89. The van der Waals surface area contributed by atoms with E-state index in [-0.39, 0.29) is 20.8 Å². The first kappa shape index (κ1) is 21.2. The second-order valence-corrected chi connectivity index (χ2v) is 8.50. The maximum Gasteiger partial charge on any atom is 0.244 e. The Hall–Kier alpha value is -2.13. The molecule has 0 fully saturated rings. The lowest BCUT2D eigenvalue weighted by molar-refractivity contribution is -0.116. The van der Waals surface area contributed by atoms with E-state index in [1.807, 2.05) is 0 Å². The number of nitrogens with zero attached hydrogens (tertiary/aromatic N) is 1. The number of hydrogen-bond acceptors (Lipinski definition) is 4. The van der Waals surface area contributed by atoms with Crippen molar-refractivity contribution in [3.8, 4) is 0 Å². The number of anilines is 2. The highest BCUT2D eigenvalue weighted by Gasteiger charge is 2.25. The molecule has 2 amide bonds. The predicted octanol–water partition coefficient (Wildman–Crippen LogP) is 3.21. The summed E-state index contributed by atoms with van der Waals surface area (Å²) in [4.78, 5) is 23.1. The van der Waals surface area contributed by atoms with Crippen molar-refractivity contribution in [2.75, 3.05) is 24.2 Å². The average Bonchev–Trinajstić information content (AvgIpc) is 2.56. The molecule has 0 radical (unpaired) electrons. The van der Waals surface area contributed by atoms with E-state index in [2.05, 4.69) is 10.6 Å². The smallest absolute Gasteiger partial charge is 0.244 e. The normalized spacial score (nSPS) is 11.3. The van der Waals surface area contributed by atoms with Gasteiger partial charge >= 0.3 is 0 Å². The molecule has 2 aromatic carbocycles. The van der Waals surface area contributed by atoms with Crippen LogP contribution in [0.15, 0.2) is 47.4 Å². The Morgan fingerprint density at radius 3 is 2.30 bits per heavy atom. The zero-order chi connectivity index (χ0) is 20.2. The summed E-state index contributed by atoms with van der Waals surface area (Å²) in [5, 5.41) is 5.40. The third kappa shape index (κ3) is 5.67. The predicted molar refractivity (Wildman–Crippen MR) is 106 cm³/mol. The Morgan fingerprint density at radius 1 is 1.04 bits per heavy atom. The van der Waals surface area contributed by atoms with Crippen LogP contribution in [-0.2, 0) is 19.6 Å². The zero-order valence-electron chi connectivity index (χ0n) is 14.5. The fourth-order valence-electron chi connectivity index (χ4n) is 2.21. The maximum atomic E-state index is 12.6. The van der Waals surface area contributed by atoms with Crippen LogP contribution in [0.25, 0.3) is 0 Å². The minimum Gasteiger partial charge on any atom is -0.326 e. The molecule has 0 aromatic heterocycles. The molecule has 0 heterocycles. The Labute approximate surface area is 167 Å². The first-order chi connectivity index (χ1) is 12.6. The molecule has 0 aliphatic heterocycles. The maximum absolute atomic E-state index is 12.6. The highest BCUT2D eigenvalue weighted by atomic mass is 35.5. The van der Waals surface area contributed by atoms with Gasteiger partial charge in [0.05, 0.1) is 11.6 Å². The first-order valence-electron chi connectivity index (χ1n) is 7.68. The molecule has 0 saturated carbocycles. The summed E-state index contributed by atoms with van der Waals surface area (Å²) in [6, 6.07) is 10.6. The van der Waals surface area contributed by atoms with Crippen molar-refractivity contribution in [3.63, 3.8) is 0 Å². The van der Waals surface area contributed by atoms with Crippen LogP contribution in [-0.4, -0.2) is 38.1 Å². The number of rotatable bonds is 6. The van der Waals surface area contributed by atoms with Crippen molar-refractivity contribution in [1.29, 1.82) is 0 Å². The van der Waals surface area contributed by atoms with E-state index in [0.717, 1.165) is 4.31 Å². The molecule has 7 nitrogen and oxygen atoms in total. The number of nitrogens with one attached hydrogen (secondary N) is 2. The van der Waals surface area contributed by atoms with Crippen LogP contribution in [0.4, 0.5) is 11.4 Å². The van der Waals surface area contributed by atoms with E-state index >= 15 is 0 Å². The lowest BCUT2D eigenvalue weighted by Gasteiger charge is -2.18. The summed E-state index contributed by atoms with van der Waals surface area (Å²) >= 11 is 11.8. The van der Waals surface area contributed by atoms with Crippen molar-refractivity contribution >= 4 is 56.4 Å². The van der Waals surface area contributed by atoms with Gasteiger partial charge in [-0.05, 0) is 36.4 Å². The Morgan fingerprint density at radius 2 is 1.67 bits per heavy atom. The number of amides is 2. The topological polar surface area (TPSA) is 95.6 Å². The van der Waals surface area contributed by atoms with Crippen molar-refractivity contribution in [2.45, 2.75) is 11.8 Å². The van der Waals surface area contributed by atoms with Gasteiger partial charge in [-0.2, -0.15) is 4.31 Å². The van der Waals surface area contributed by atoms with Gasteiger partial charge < -0.3 is 10.6 Å². The molecule has 0 saturated heterocycles. The van der Waals surface area contributed by atoms with Crippen molar-refractivity contribution in [3.05, 3.63) is 52.5 Å². The molecule has 2 aromatic rings. The van der Waals surface area contributed by atoms with E-state index in [1.54, 1.807) is 24.3 Å². The fraction of sp³-hybridized carbons (Fsp3) is 0.176. The molecule has 0 spiro atoms. The van der Waals surface area contributed by atoms with Crippen molar-refractivity contribution < 1.29 is 18.0 Å². The third-order valence-electron chi connectivity index (χ3n) is 3.41. The monoisotopic (exact) mass is 429 g/mol. The first-order valence-corrected chi connectivity index (χ1v) is 9.88. The van der Waals surface area contributed by atoms with E-state index in [1.165, 1.54) is 32.2 Å². The zero-order valence-corrected chi connectivity index (χ0v) is 16.8. The Bertz CT molecular complexity index is 980. The third-order valence-corrected chi connectivity index (χ3v) is 5.93. The number of carbonyl (C=O) groups excluding carboxylic acids is 2. The summed E-state index contributed by atoms with van der Waals surface area (Å²) < 4.78 is 26.1. The molecule has 0 aliphatic carbocycles. The fourth-order valence-corrected chi connectivity index (χ4v) is 4.07. The summed E-state index contributed by atoms with van der Waals surface area (Å²) in [7, 11) is -2.74. The molecular formula is C17H17Cl2N3O4S. The van der Waals surface area contributed by atoms with Gasteiger partial charge in [-0.1, -0.05) is 29.3 Å². The van der Waals surface area contributed by atoms with E-state index in [4.69, 9.17) is 23.2 Å². The van der Waals surface area contributed by atoms with Crippen LogP contribution in [0.3, 0.4) is 0 Å². The van der Waals surface area contributed by atoms with Crippen molar-refractivity contribution in [2.24, 2.45) is 0 Å². The molecule has 0 aliphatic rings. The minimum atomic E-state index is -4.00. The van der Waals surface area contributed by atoms with Gasteiger partial charge in [0.25, 0.3) is 0 Å². The molecule has 0 bridgehead atoms. The Balaban J connectivity index is 2.11.